The molecule has 0 aliphatic carbocycles. The highest BCUT2D eigenvalue weighted by atomic mass is 15.1. The Kier molecular flexibility index (Phi) is 5.30. The minimum atomic E-state index is 0.523. The molecule has 1 heterocycles. The van der Waals surface area contributed by atoms with E-state index in [4.69, 9.17) is 0 Å². The molecular weight excluding hydrogens is 194 g/mol. The van der Waals surface area contributed by atoms with E-state index in [0.717, 1.165) is 11.8 Å². The molecular formula is C15H31N. The summed E-state index contributed by atoms with van der Waals surface area (Å²) in [6, 6.07) is 0. The summed E-state index contributed by atoms with van der Waals surface area (Å²) in [6.45, 7) is 15.7. The quantitative estimate of drug-likeness (QED) is 0.694. The molecule has 0 amide bonds. The lowest BCUT2D eigenvalue weighted by atomic mass is 9.83. The molecule has 0 spiro atoms. The van der Waals surface area contributed by atoms with Crippen LogP contribution in [0.4, 0.5) is 0 Å². The van der Waals surface area contributed by atoms with Gasteiger partial charge in [0.2, 0.25) is 0 Å². The molecule has 16 heavy (non-hydrogen) atoms. The van der Waals surface area contributed by atoms with Crippen LogP contribution >= 0.6 is 0 Å². The van der Waals surface area contributed by atoms with Crippen LogP contribution in [0.25, 0.3) is 0 Å². The number of nitrogens with zero attached hydrogens (tertiary/aromatic N) is 1. The monoisotopic (exact) mass is 225 g/mol. The van der Waals surface area contributed by atoms with Gasteiger partial charge in [-0.2, -0.15) is 0 Å². The molecule has 1 heteroatoms. The maximum atomic E-state index is 2.65. The molecule has 0 aromatic rings. The van der Waals surface area contributed by atoms with Crippen molar-refractivity contribution in [1.29, 1.82) is 0 Å². The Morgan fingerprint density at radius 3 is 2.12 bits per heavy atom. The first-order valence-electron chi connectivity index (χ1n) is 7.09. The van der Waals surface area contributed by atoms with Crippen LogP contribution in [-0.4, -0.2) is 24.5 Å². The first kappa shape index (κ1) is 14.0. The summed E-state index contributed by atoms with van der Waals surface area (Å²) in [5, 5.41) is 0. The fourth-order valence-electron chi connectivity index (χ4n) is 2.61. The van der Waals surface area contributed by atoms with E-state index in [9.17, 15) is 0 Å². The Morgan fingerprint density at radius 1 is 1.12 bits per heavy atom. The average molecular weight is 225 g/mol. The molecule has 0 saturated carbocycles. The fourth-order valence-corrected chi connectivity index (χ4v) is 2.61. The van der Waals surface area contributed by atoms with E-state index in [1.165, 1.54) is 45.3 Å². The van der Waals surface area contributed by atoms with Crippen molar-refractivity contribution in [3.63, 3.8) is 0 Å². The summed E-state index contributed by atoms with van der Waals surface area (Å²) < 4.78 is 0. The maximum Gasteiger partial charge on any atom is 0.000439 e. The molecule has 0 unspecified atom stereocenters. The second-order valence-electron chi connectivity index (χ2n) is 7.24. The summed E-state index contributed by atoms with van der Waals surface area (Å²) >= 11 is 0. The van der Waals surface area contributed by atoms with Gasteiger partial charge in [-0.15, -0.1) is 0 Å². The lowest BCUT2D eigenvalue weighted by Crippen LogP contribution is -2.36. The van der Waals surface area contributed by atoms with Crippen LogP contribution in [0.3, 0.4) is 0 Å². The van der Waals surface area contributed by atoms with Gasteiger partial charge >= 0.3 is 0 Å². The minimum absolute atomic E-state index is 0.523. The molecule has 1 aliphatic heterocycles. The fraction of sp³-hybridized carbons (Fsp3) is 1.00. The van der Waals surface area contributed by atoms with Crippen molar-refractivity contribution in [1.82, 2.24) is 4.90 Å². The number of rotatable bonds is 4. The molecule has 0 N–H and O–H groups in total. The summed E-state index contributed by atoms with van der Waals surface area (Å²) in [5.74, 6) is 1.83. The minimum Gasteiger partial charge on any atom is -0.303 e. The van der Waals surface area contributed by atoms with Crippen molar-refractivity contribution in [2.75, 3.05) is 19.6 Å². The van der Waals surface area contributed by atoms with E-state index in [2.05, 4.69) is 39.5 Å². The summed E-state index contributed by atoms with van der Waals surface area (Å²) in [7, 11) is 0. The molecule has 0 aromatic carbocycles. The van der Waals surface area contributed by atoms with Gasteiger partial charge in [-0.25, -0.2) is 0 Å². The highest BCUT2D eigenvalue weighted by Crippen LogP contribution is 2.28. The van der Waals surface area contributed by atoms with E-state index in [1.807, 2.05) is 0 Å². The number of hydrogen-bond acceptors (Lipinski definition) is 1. The van der Waals surface area contributed by atoms with Crippen molar-refractivity contribution in [2.24, 2.45) is 17.3 Å². The van der Waals surface area contributed by atoms with E-state index in [-0.39, 0.29) is 0 Å². The van der Waals surface area contributed by atoms with Crippen LogP contribution < -0.4 is 0 Å². The Balaban J connectivity index is 2.17. The zero-order valence-electron chi connectivity index (χ0n) is 12.1. The van der Waals surface area contributed by atoms with E-state index in [0.29, 0.717) is 5.41 Å². The van der Waals surface area contributed by atoms with Crippen molar-refractivity contribution in [2.45, 2.75) is 60.3 Å². The van der Waals surface area contributed by atoms with Crippen LogP contribution in [0.2, 0.25) is 0 Å². The molecule has 1 fully saturated rings. The molecule has 0 aromatic heterocycles. The molecule has 96 valence electrons. The van der Waals surface area contributed by atoms with Crippen molar-refractivity contribution in [3.8, 4) is 0 Å². The average Bonchev–Trinajstić information content (AvgIpc) is 2.14. The Hall–Kier alpha value is -0.0400. The third kappa shape index (κ3) is 5.89. The van der Waals surface area contributed by atoms with Crippen LogP contribution in [0.15, 0.2) is 0 Å². The standard InChI is InChI=1S/C15H31N/c1-13(2)12-16-10-7-14(8-11-16)6-9-15(3,4)5/h13-14H,6-12H2,1-5H3. The predicted molar refractivity (Wildman–Crippen MR) is 72.7 cm³/mol. The van der Waals surface area contributed by atoms with Gasteiger partial charge in [0.25, 0.3) is 0 Å². The molecule has 1 aliphatic rings. The zero-order chi connectivity index (χ0) is 12.2. The van der Waals surface area contributed by atoms with Gasteiger partial charge < -0.3 is 4.90 Å². The predicted octanol–water partition coefficient (Wildman–Crippen LogP) is 4.18. The van der Waals surface area contributed by atoms with Crippen molar-refractivity contribution >= 4 is 0 Å². The van der Waals surface area contributed by atoms with Crippen LogP contribution in [-0.2, 0) is 0 Å². The van der Waals surface area contributed by atoms with E-state index >= 15 is 0 Å². The van der Waals surface area contributed by atoms with Gasteiger partial charge in [-0.05, 0) is 56.0 Å². The highest BCUT2D eigenvalue weighted by molar-refractivity contribution is 4.75. The second kappa shape index (κ2) is 6.05. The number of likely N-dealkylation sites (tertiary alicyclic amines) is 1. The van der Waals surface area contributed by atoms with Crippen molar-refractivity contribution < 1.29 is 0 Å². The smallest absolute Gasteiger partial charge is 0.000439 e. The normalized spacial score (nSPS) is 20.6. The van der Waals surface area contributed by atoms with Crippen LogP contribution in [0.5, 0.6) is 0 Å². The Labute approximate surface area is 103 Å². The molecule has 0 atom stereocenters. The van der Waals surface area contributed by atoms with Gasteiger partial charge in [-0.3, -0.25) is 0 Å². The first-order valence-corrected chi connectivity index (χ1v) is 7.09. The van der Waals surface area contributed by atoms with Gasteiger partial charge in [0.05, 0.1) is 0 Å². The third-order valence-electron chi connectivity index (χ3n) is 3.63. The third-order valence-corrected chi connectivity index (χ3v) is 3.63. The highest BCUT2D eigenvalue weighted by Gasteiger charge is 2.21. The molecule has 1 saturated heterocycles. The van der Waals surface area contributed by atoms with Crippen LogP contribution in [0.1, 0.15) is 60.3 Å². The van der Waals surface area contributed by atoms with Crippen molar-refractivity contribution in [3.05, 3.63) is 0 Å². The Bertz CT molecular complexity index is 182. The molecule has 1 nitrogen and oxygen atoms in total. The van der Waals surface area contributed by atoms with E-state index in [1.54, 1.807) is 0 Å². The lowest BCUT2D eigenvalue weighted by molar-refractivity contribution is 0.155. The van der Waals surface area contributed by atoms with Crippen LogP contribution in [0, 0.1) is 17.3 Å². The summed E-state index contributed by atoms with van der Waals surface area (Å²) in [5.41, 5.74) is 0.523. The Morgan fingerprint density at radius 2 is 1.69 bits per heavy atom. The van der Waals surface area contributed by atoms with Gasteiger partial charge in [0.15, 0.2) is 0 Å². The van der Waals surface area contributed by atoms with Gasteiger partial charge in [-0.1, -0.05) is 34.6 Å². The number of piperidine rings is 1. The van der Waals surface area contributed by atoms with Gasteiger partial charge in [0.1, 0.15) is 0 Å². The van der Waals surface area contributed by atoms with E-state index < -0.39 is 0 Å². The largest absolute Gasteiger partial charge is 0.303 e. The second-order valence-corrected chi connectivity index (χ2v) is 7.24. The molecule has 0 radical (unpaired) electrons. The number of hydrogen-bond donors (Lipinski definition) is 0. The summed E-state index contributed by atoms with van der Waals surface area (Å²) in [4.78, 5) is 2.65. The first-order chi connectivity index (χ1) is 7.37. The van der Waals surface area contributed by atoms with Gasteiger partial charge in [0, 0.05) is 6.54 Å². The molecule has 0 bridgehead atoms. The topological polar surface area (TPSA) is 3.24 Å². The summed E-state index contributed by atoms with van der Waals surface area (Å²) in [6.07, 6.45) is 5.70. The maximum absolute atomic E-state index is 2.65. The molecule has 1 rings (SSSR count). The SMILES string of the molecule is CC(C)CN1CCC(CCC(C)(C)C)CC1. The zero-order valence-corrected chi connectivity index (χ0v) is 12.1. The lowest BCUT2D eigenvalue weighted by Gasteiger charge is -2.34.